The molecule has 1 aromatic carbocycles. The SMILES string of the molecule is S=c1[nH]cc(-c2ccccc2Br)[nH]1. The minimum absolute atomic E-state index is 0.644. The van der Waals surface area contributed by atoms with Crippen molar-refractivity contribution in [2.45, 2.75) is 0 Å². The Morgan fingerprint density at radius 2 is 2.00 bits per heavy atom. The second kappa shape index (κ2) is 3.47. The van der Waals surface area contributed by atoms with Gasteiger partial charge in [-0.2, -0.15) is 0 Å². The molecule has 66 valence electrons. The lowest BCUT2D eigenvalue weighted by molar-refractivity contribution is 1.27. The van der Waals surface area contributed by atoms with Crippen molar-refractivity contribution in [3.05, 3.63) is 39.7 Å². The smallest absolute Gasteiger partial charge is 0.174 e. The number of H-pyrrole nitrogens is 2. The average Bonchev–Trinajstić information content (AvgIpc) is 2.53. The number of hydrogen-bond acceptors (Lipinski definition) is 1. The van der Waals surface area contributed by atoms with Crippen molar-refractivity contribution in [3.63, 3.8) is 0 Å². The van der Waals surface area contributed by atoms with Crippen molar-refractivity contribution in [1.29, 1.82) is 0 Å². The van der Waals surface area contributed by atoms with Crippen LogP contribution in [0, 0.1) is 4.77 Å². The Hall–Kier alpha value is -0.870. The summed E-state index contributed by atoms with van der Waals surface area (Å²) >= 11 is 8.42. The first kappa shape index (κ1) is 8.72. The van der Waals surface area contributed by atoms with E-state index in [1.165, 1.54) is 0 Å². The standard InChI is InChI=1S/C9H7BrN2S/c10-7-4-2-1-3-6(7)8-5-11-9(13)12-8/h1-5H,(H2,11,12,13). The molecule has 0 aliphatic carbocycles. The van der Waals surface area contributed by atoms with Gasteiger partial charge in [-0.25, -0.2) is 0 Å². The molecule has 0 spiro atoms. The zero-order valence-corrected chi connectivity index (χ0v) is 9.08. The molecule has 0 radical (unpaired) electrons. The predicted molar refractivity (Wildman–Crippen MR) is 59.1 cm³/mol. The zero-order chi connectivity index (χ0) is 9.26. The lowest BCUT2D eigenvalue weighted by atomic mass is 10.2. The van der Waals surface area contributed by atoms with E-state index in [9.17, 15) is 0 Å². The number of imidazole rings is 1. The number of benzene rings is 1. The van der Waals surface area contributed by atoms with Gasteiger partial charge in [0.25, 0.3) is 0 Å². The van der Waals surface area contributed by atoms with Crippen molar-refractivity contribution < 1.29 is 0 Å². The average molecular weight is 255 g/mol. The molecule has 4 heteroatoms. The van der Waals surface area contributed by atoms with Crippen molar-refractivity contribution in [3.8, 4) is 11.3 Å². The third-order valence-electron chi connectivity index (χ3n) is 1.76. The normalized spacial score (nSPS) is 10.2. The quantitative estimate of drug-likeness (QED) is 0.751. The second-order valence-electron chi connectivity index (χ2n) is 2.64. The predicted octanol–water partition coefficient (Wildman–Crippen LogP) is 3.50. The van der Waals surface area contributed by atoms with Crippen LogP contribution in [-0.2, 0) is 0 Å². The van der Waals surface area contributed by atoms with E-state index in [2.05, 4.69) is 25.9 Å². The van der Waals surface area contributed by atoms with E-state index in [0.717, 1.165) is 15.7 Å². The summed E-state index contributed by atoms with van der Waals surface area (Å²) in [6.45, 7) is 0. The molecule has 0 unspecified atom stereocenters. The first-order valence-electron chi connectivity index (χ1n) is 3.80. The van der Waals surface area contributed by atoms with Crippen LogP contribution >= 0.6 is 28.1 Å². The molecule has 0 amide bonds. The molecule has 1 heterocycles. The van der Waals surface area contributed by atoms with Crippen molar-refractivity contribution in [2.75, 3.05) is 0 Å². The summed E-state index contributed by atoms with van der Waals surface area (Å²) in [5.41, 5.74) is 2.10. The molecule has 2 aromatic rings. The summed E-state index contributed by atoms with van der Waals surface area (Å²) < 4.78 is 1.70. The first-order chi connectivity index (χ1) is 6.27. The van der Waals surface area contributed by atoms with Crippen LogP contribution in [-0.4, -0.2) is 9.97 Å². The summed E-state index contributed by atoms with van der Waals surface area (Å²) in [5.74, 6) is 0. The Morgan fingerprint density at radius 1 is 1.23 bits per heavy atom. The topological polar surface area (TPSA) is 31.6 Å². The van der Waals surface area contributed by atoms with E-state index in [1.54, 1.807) is 0 Å². The van der Waals surface area contributed by atoms with Crippen molar-refractivity contribution >= 4 is 28.1 Å². The zero-order valence-electron chi connectivity index (χ0n) is 6.67. The Balaban J connectivity index is 2.58. The molecule has 2 N–H and O–H groups in total. The maximum atomic E-state index is 4.95. The van der Waals surface area contributed by atoms with Crippen LogP contribution < -0.4 is 0 Å². The molecule has 13 heavy (non-hydrogen) atoms. The largest absolute Gasteiger partial charge is 0.337 e. The fourth-order valence-electron chi connectivity index (χ4n) is 1.16. The number of halogens is 1. The number of aromatic amines is 2. The van der Waals surface area contributed by atoms with Crippen molar-refractivity contribution in [1.82, 2.24) is 9.97 Å². The van der Waals surface area contributed by atoms with Crippen LogP contribution in [0.3, 0.4) is 0 Å². The second-order valence-corrected chi connectivity index (χ2v) is 3.90. The minimum Gasteiger partial charge on any atom is -0.337 e. The number of hydrogen-bond donors (Lipinski definition) is 2. The minimum atomic E-state index is 0.644. The van der Waals surface area contributed by atoms with Gasteiger partial charge in [0.05, 0.1) is 5.69 Å². The molecule has 2 rings (SSSR count). The Bertz CT molecular complexity index is 472. The third-order valence-corrected chi connectivity index (χ3v) is 2.67. The van der Waals surface area contributed by atoms with Crippen molar-refractivity contribution in [2.24, 2.45) is 0 Å². The van der Waals surface area contributed by atoms with Crippen LogP contribution in [0.4, 0.5) is 0 Å². The maximum Gasteiger partial charge on any atom is 0.174 e. The van der Waals surface area contributed by atoms with E-state index < -0.39 is 0 Å². The fourth-order valence-corrected chi connectivity index (χ4v) is 1.82. The highest BCUT2D eigenvalue weighted by atomic mass is 79.9. The monoisotopic (exact) mass is 254 g/mol. The number of aromatic nitrogens is 2. The van der Waals surface area contributed by atoms with Gasteiger partial charge in [0.15, 0.2) is 4.77 Å². The summed E-state index contributed by atoms with van der Waals surface area (Å²) in [4.78, 5) is 6.00. The Kier molecular flexibility index (Phi) is 2.33. The van der Waals surface area contributed by atoms with Crippen LogP contribution in [0.1, 0.15) is 0 Å². The van der Waals surface area contributed by atoms with E-state index in [0.29, 0.717) is 4.77 Å². The third kappa shape index (κ3) is 1.73. The lowest BCUT2D eigenvalue weighted by Crippen LogP contribution is -1.77. The van der Waals surface area contributed by atoms with Gasteiger partial charge in [0, 0.05) is 16.2 Å². The molecule has 1 aromatic heterocycles. The van der Waals surface area contributed by atoms with Gasteiger partial charge in [-0.3, -0.25) is 0 Å². The molecular formula is C9H7BrN2S. The van der Waals surface area contributed by atoms with E-state index in [1.807, 2.05) is 30.5 Å². The van der Waals surface area contributed by atoms with Crippen LogP contribution in [0.2, 0.25) is 0 Å². The summed E-state index contributed by atoms with van der Waals surface area (Å²) in [6, 6.07) is 8.00. The van der Waals surface area contributed by atoms with Gasteiger partial charge in [-0.05, 0) is 18.3 Å². The lowest BCUT2D eigenvalue weighted by Gasteiger charge is -1.99. The Labute approximate surface area is 89.1 Å². The van der Waals surface area contributed by atoms with Crippen LogP contribution in [0.15, 0.2) is 34.9 Å². The Morgan fingerprint density at radius 3 is 2.62 bits per heavy atom. The molecule has 0 saturated heterocycles. The molecule has 0 saturated carbocycles. The van der Waals surface area contributed by atoms with Gasteiger partial charge in [0.2, 0.25) is 0 Å². The molecule has 2 nitrogen and oxygen atoms in total. The summed E-state index contributed by atoms with van der Waals surface area (Å²) in [7, 11) is 0. The fraction of sp³-hybridized carbons (Fsp3) is 0. The first-order valence-corrected chi connectivity index (χ1v) is 5.00. The summed E-state index contributed by atoms with van der Waals surface area (Å²) in [5, 5.41) is 0. The highest BCUT2D eigenvalue weighted by Crippen LogP contribution is 2.25. The van der Waals surface area contributed by atoms with Gasteiger partial charge < -0.3 is 9.97 Å². The van der Waals surface area contributed by atoms with Crippen LogP contribution in [0.5, 0.6) is 0 Å². The van der Waals surface area contributed by atoms with Gasteiger partial charge in [-0.15, -0.1) is 0 Å². The van der Waals surface area contributed by atoms with Gasteiger partial charge >= 0.3 is 0 Å². The van der Waals surface area contributed by atoms with E-state index in [-0.39, 0.29) is 0 Å². The molecule has 0 atom stereocenters. The van der Waals surface area contributed by atoms with E-state index in [4.69, 9.17) is 12.2 Å². The van der Waals surface area contributed by atoms with Gasteiger partial charge in [-0.1, -0.05) is 34.1 Å². The molecule has 0 aliphatic heterocycles. The van der Waals surface area contributed by atoms with Crippen LogP contribution in [0.25, 0.3) is 11.3 Å². The highest BCUT2D eigenvalue weighted by Gasteiger charge is 2.01. The molecule has 0 bridgehead atoms. The molecule has 0 fully saturated rings. The highest BCUT2D eigenvalue weighted by molar-refractivity contribution is 9.10. The number of rotatable bonds is 1. The number of nitrogens with one attached hydrogen (secondary N) is 2. The van der Waals surface area contributed by atoms with Gasteiger partial charge in [0.1, 0.15) is 0 Å². The maximum absolute atomic E-state index is 4.95. The van der Waals surface area contributed by atoms with E-state index >= 15 is 0 Å². The summed E-state index contributed by atoms with van der Waals surface area (Å²) in [6.07, 6.45) is 1.86. The molecular weight excluding hydrogens is 248 g/mol. The molecule has 0 aliphatic rings.